The molecule has 0 spiro atoms. The lowest BCUT2D eigenvalue weighted by Crippen LogP contribution is -2.44. The van der Waals surface area contributed by atoms with Crippen LogP contribution in [-0.2, 0) is 10.8 Å². The number of benzene rings is 1. The van der Waals surface area contributed by atoms with E-state index in [2.05, 4.69) is 129 Å². The molecule has 1 aromatic carbocycles. The van der Waals surface area contributed by atoms with Crippen molar-refractivity contribution in [3.8, 4) is 0 Å². The number of hydrogen-bond donors (Lipinski definition) is 0. The van der Waals surface area contributed by atoms with E-state index in [0.29, 0.717) is 0 Å². The summed E-state index contributed by atoms with van der Waals surface area (Å²) in [7, 11) is 0. The van der Waals surface area contributed by atoms with Crippen LogP contribution in [0.25, 0.3) is 0 Å². The molecule has 1 aliphatic rings. The summed E-state index contributed by atoms with van der Waals surface area (Å²) in [5, 5.41) is 0. The second-order valence-electron chi connectivity index (χ2n) is 11.9. The van der Waals surface area contributed by atoms with Gasteiger partial charge in [0.05, 0.1) is 6.04 Å². The van der Waals surface area contributed by atoms with Crippen LogP contribution in [-0.4, -0.2) is 11.0 Å². The smallest absolute Gasteiger partial charge is 0.0535 e. The summed E-state index contributed by atoms with van der Waals surface area (Å²) in [5.74, 6) is 0. The zero-order valence-electron chi connectivity index (χ0n) is 22.8. The van der Waals surface area contributed by atoms with Gasteiger partial charge in [-0.1, -0.05) is 79.7 Å². The lowest BCUT2D eigenvalue weighted by atomic mass is 9.67. The molecule has 2 heterocycles. The molecule has 2 heteroatoms. The van der Waals surface area contributed by atoms with Crippen LogP contribution in [0.15, 0.2) is 59.8 Å². The van der Waals surface area contributed by atoms with Gasteiger partial charge < -0.3 is 4.90 Å². The highest BCUT2D eigenvalue weighted by Crippen LogP contribution is 2.50. The van der Waals surface area contributed by atoms with Gasteiger partial charge in [-0.15, -0.1) is 0 Å². The highest BCUT2D eigenvalue weighted by Gasteiger charge is 2.41. The fraction of sp³-hybridized carbons (Fsp3) is 0.516. The van der Waals surface area contributed by atoms with Gasteiger partial charge in [-0.25, -0.2) is 0 Å². The Kier molecular flexibility index (Phi) is 6.72. The van der Waals surface area contributed by atoms with Crippen LogP contribution in [0.1, 0.15) is 92.5 Å². The Bertz CT molecular complexity index is 1080. The minimum Gasteiger partial charge on any atom is -0.334 e. The maximum atomic E-state index is 4.46. The van der Waals surface area contributed by atoms with Crippen LogP contribution < -0.4 is 4.90 Å². The predicted octanol–water partition coefficient (Wildman–Crippen LogP) is 8.81. The van der Waals surface area contributed by atoms with Crippen LogP contribution in [0, 0.1) is 12.3 Å². The number of fused-ring (bicyclic) bond motifs is 1. The number of allylic oxidation sites excluding steroid dienone is 3. The molecule has 33 heavy (non-hydrogen) atoms. The molecular weight excluding hydrogens is 400 g/mol. The molecule has 0 radical (unpaired) electrons. The zero-order valence-corrected chi connectivity index (χ0v) is 22.8. The van der Waals surface area contributed by atoms with E-state index in [4.69, 9.17) is 0 Å². The average molecular weight is 445 g/mol. The summed E-state index contributed by atoms with van der Waals surface area (Å²) in [6, 6.07) is 11.8. The zero-order chi connectivity index (χ0) is 24.8. The molecule has 0 saturated heterocycles. The van der Waals surface area contributed by atoms with Gasteiger partial charge in [0.1, 0.15) is 0 Å². The third-order valence-electron chi connectivity index (χ3n) is 7.80. The molecule has 3 rings (SSSR count). The first kappa shape index (κ1) is 25.3. The van der Waals surface area contributed by atoms with E-state index in [0.717, 1.165) is 12.1 Å². The summed E-state index contributed by atoms with van der Waals surface area (Å²) in [6.45, 7) is 25.3. The van der Waals surface area contributed by atoms with Crippen molar-refractivity contribution in [2.45, 2.75) is 99.5 Å². The van der Waals surface area contributed by atoms with Crippen molar-refractivity contribution in [2.24, 2.45) is 5.41 Å². The summed E-state index contributed by atoms with van der Waals surface area (Å²) in [6.07, 6.45) is 7.81. The molecule has 178 valence electrons. The van der Waals surface area contributed by atoms with E-state index >= 15 is 0 Å². The second-order valence-corrected chi connectivity index (χ2v) is 11.9. The number of hydrogen-bond acceptors (Lipinski definition) is 2. The van der Waals surface area contributed by atoms with E-state index in [1.54, 1.807) is 0 Å². The summed E-state index contributed by atoms with van der Waals surface area (Å²) in [5.41, 5.74) is 9.40. The minimum atomic E-state index is -0.0767. The third kappa shape index (κ3) is 4.67. The summed E-state index contributed by atoms with van der Waals surface area (Å²) >= 11 is 0. The van der Waals surface area contributed by atoms with Crippen LogP contribution in [0.3, 0.4) is 0 Å². The number of aryl methyl sites for hydroxylation is 1. The number of aromatic nitrogens is 1. The van der Waals surface area contributed by atoms with Crippen molar-refractivity contribution in [1.29, 1.82) is 0 Å². The van der Waals surface area contributed by atoms with Gasteiger partial charge in [0.25, 0.3) is 0 Å². The first-order valence-corrected chi connectivity index (χ1v) is 12.5. The Morgan fingerprint density at radius 3 is 2.30 bits per heavy atom. The van der Waals surface area contributed by atoms with Gasteiger partial charge in [-0.2, -0.15) is 0 Å². The topological polar surface area (TPSA) is 16.1 Å². The van der Waals surface area contributed by atoms with Crippen LogP contribution in [0.5, 0.6) is 0 Å². The van der Waals surface area contributed by atoms with Gasteiger partial charge in [-0.05, 0) is 78.5 Å². The Hall–Kier alpha value is -2.35. The highest BCUT2D eigenvalue weighted by molar-refractivity contribution is 5.75. The van der Waals surface area contributed by atoms with Crippen LogP contribution >= 0.6 is 0 Å². The first-order valence-electron chi connectivity index (χ1n) is 12.5. The molecule has 0 N–H and O–H groups in total. The van der Waals surface area contributed by atoms with E-state index in [1.807, 2.05) is 6.20 Å². The summed E-state index contributed by atoms with van der Waals surface area (Å²) in [4.78, 5) is 6.98. The maximum Gasteiger partial charge on any atom is 0.0535 e. The lowest BCUT2D eigenvalue weighted by molar-refractivity contribution is 0.493. The molecule has 0 amide bonds. The van der Waals surface area contributed by atoms with E-state index in [1.165, 1.54) is 33.6 Å². The maximum absolute atomic E-state index is 4.46. The number of pyridine rings is 1. The molecule has 2 aromatic rings. The fourth-order valence-corrected chi connectivity index (χ4v) is 5.14. The van der Waals surface area contributed by atoms with Gasteiger partial charge in [0, 0.05) is 28.7 Å². The Morgan fingerprint density at radius 2 is 1.76 bits per heavy atom. The Morgan fingerprint density at radius 1 is 1.09 bits per heavy atom. The molecule has 0 aliphatic carbocycles. The number of anilines is 2. The van der Waals surface area contributed by atoms with Crippen molar-refractivity contribution in [1.82, 2.24) is 4.98 Å². The van der Waals surface area contributed by atoms with E-state index in [9.17, 15) is 0 Å². The molecule has 1 aromatic heterocycles. The number of rotatable bonds is 4. The molecule has 1 aliphatic heterocycles. The van der Waals surface area contributed by atoms with Crippen LogP contribution in [0.2, 0.25) is 0 Å². The Balaban J connectivity index is 2.34. The van der Waals surface area contributed by atoms with Crippen molar-refractivity contribution < 1.29 is 0 Å². The Labute approximate surface area is 202 Å². The summed E-state index contributed by atoms with van der Waals surface area (Å²) < 4.78 is 0. The highest BCUT2D eigenvalue weighted by atomic mass is 15.2. The monoisotopic (exact) mass is 444 g/mol. The molecule has 1 unspecified atom stereocenters. The molecule has 0 bridgehead atoms. The standard InChI is InChI=1S/C31H44N2/c1-12-23(29(5,6)7)19-26-22(4)33(25-16-17-32-21(3)18-25)28-15-14-24(30(8,9)13-2)20-27(28)31(26,10)11/h12,14-20,22H,13H2,1-11H3/b23-12+,26-19+. The fourth-order valence-electron chi connectivity index (χ4n) is 5.14. The lowest BCUT2D eigenvalue weighted by Gasteiger charge is -2.48. The first-order chi connectivity index (χ1) is 15.2. The second kappa shape index (κ2) is 8.78. The predicted molar refractivity (Wildman–Crippen MR) is 145 cm³/mol. The van der Waals surface area contributed by atoms with Gasteiger partial charge in [0.2, 0.25) is 0 Å². The minimum absolute atomic E-state index is 0.0767. The van der Waals surface area contributed by atoms with Gasteiger partial charge >= 0.3 is 0 Å². The quantitative estimate of drug-likeness (QED) is 0.468. The van der Waals surface area contributed by atoms with E-state index in [-0.39, 0.29) is 22.3 Å². The number of nitrogens with zero attached hydrogens (tertiary/aromatic N) is 2. The van der Waals surface area contributed by atoms with Gasteiger partial charge in [0.15, 0.2) is 0 Å². The van der Waals surface area contributed by atoms with Crippen molar-refractivity contribution in [3.05, 3.63) is 76.6 Å². The molecular formula is C31H44N2. The largest absolute Gasteiger partial charge is 0.334 e. The third-order valence-corrected chi connectivity index (χ3v) is 7.80. The molecule has 1 atom stereocenters. The molecule has 0 saturated carbocycles. The normalized spacial score (nSPS) is 20.2. The average Bonchev–Trinajstić information content (AvgIpc) is 2.72. The van der Waals surface area contributed by atoms with Crippen LogP contribution in [0.4, 0.5) is 11.4 Å². The van der Waals surface area contributed by atoms with Crippen molar-refractivity contribution >= 4 is 11.4 Å². The molecule has 2 nitrogen and oxygen atoms in total. The van der Waals surface area contributed by atoms with E-state index < -0.39 is 0 Å². The SMILES string of the molecule is C/C=C(\C=C1/C(C)N(c2ccnc(C)c2)c2ccc(C(C)(C)CC)cc2C1(C)C)C(C)(C)C. The van der Waals surface area contributed by atoms with Gasteiger partial charge in [-0.3, -0.25) is 4.98 Å². The van der Waals surface area contributed by atoms with Crippen molar-refractivity contribution in [3.63, 3.8) is 0 Å². The molecule has 0 fully saturated rings. The van der Waals surface area contributed by atoms with Crippen molar-refractivity contribution in [2.75, 3.05) is 4.90 Å².